The average molecular weight is 366 g/mol. The Bertz CT molecular complexity index is 938. The summed E-state index contributed by atoms with van der Waals surface area (Å²) in [6.07, 6.45) is 1.89. The smallest absolute Gasteiger partial charge is 0.146 e. The lowest BCUT2D eigenvalue weighted by atomic mass is 10.1. The molecule has 1 N–H and O–H groups in total. The van der Waals surface area contributed by atoms with E-state index in [1.807, 2.05) is 50.2 Å². The number of benzene rings is 2. The predicted molar refractivity (Wildman–Crippen MR) is 105 cm³/mol. The van der Waals surface area contributed by atoms with Crippen LogP contribution in [-0.2, 0) is 11.3 Å². The zero-order valence-electron chi connectivity index (χ0n) is 15.5. The number of fused-ring (bicyclic) bond motifs is 1. The lowest BCUT2D eigenvalue weighted by Gasteiger charge is -2.37. The molecule has 1 aliphatic rings. The van der Waals surface area contributed by atoms with Gasteiger partial charge in [0.05, 0.1) is 35.1 Å². The first-order valence-electron chi connectivity index (χ1n) is 9.23. The van der Waals surface area contributed by atoms with Crippen molar-refractivity contribution in [3.8, 4) is 0 Å². The highest BCUT2D eigenvalue weighted by atomic mass is 19.1. The number of hydrogen-bond acceptors (Lipinski definition) is 5. The van der Waals surface area contributed by atoms with Gasteiger partial charge in [-0.05, 0) is 43.7 Å². The minimum Gasteiger partial charge on any atom is -0.372 e. The molecule has 0 amide bonds. The molecule has 0 spiro atoms. The number of para-hydroxylation sites is 2. The maximum absolute atomic E-state index is 14.7. The Morgan fingerprint density at radius 2 is 1.85 bits per heavy atom. The summed E-state index contributed by atoms with van der Waals surface area (Å²) in [6, 6.07) is 13.1. The second-order valence-electron chi connectivity index (χ2n) is 7.05. The number of halogens is 1. The highest BCUT2D eigenvalue weighted by molar-refractivity contribution is 5.75. The highest BCUT2D eigenvalue weighted by Gasteiger charge is 2.24. The van der Waals surface area contributed by atoms with Crippen LogP contribution in [0.15, 0.2) is 48.7 Å². The molecule has 2 heterocycles. The molecule has 5 nitrogen and oxygen atoms in total. The van der Waals surface area contributed by atoms with Gasteiger partial charge in [0.1, 0.15) is 11.6 Å². The van der Waals surface area contributed by atoms with Gasteiger partial charge in [-0.2, -0.15) is 0 Å². The number of aromatic nitrogens is 2. The molecule has 0 saturated carbocycles. The molecule has 0 bridgehead atoms. The third-order valence-electron chi connectivity index (χ3n) is 4.69. The van der Waals surface area contributed by atoms with Crippen molar-refractivity contribution >= 4 is 22.5 Å². The second kappa shape index (κ2) is 7.48. The number of morpholine rings is 1. The molecular weight excluding hydrogens is 343 g/mol. The van der Waals surface area contributed by atoms with Gasteiger partial charge in [0.15, 0.2) is 0 Å². The van der Waals surface area contributed by atoms with E-state index in [-0.39, 0.29) is 18.0 Å². The zero-order chi connectivity index (χ0) is 18.8. The van der Waals surface area contributed by atoms with E-state index >= 15 is 0 Å². The van der Waals surface area contributed by atoms with E-state index in [0.29, 0.717) is 31.1 Å². The molecule has 0 radical (unpaired) electrons. The molecule has 2 unspecified atom stereocenters. The van der Waals surface area contributed by atoms with Gasteiger partial charge < -0.3 is 15.0 Å². The van der Waals surface area contributed by atoms with Crippen LogP contribution in [0.4, 0.5) is 15.9 Å². The first kappa shape index (κ1) is 17.7. The molecule has 2 aromatic carbocycles. The van der Waals surface area contributed by atoms with Crippen LogP contribution in [0.25, 0.3) is 11.0 Å². The fourth-order valence-corrected chi connectivity index (χ4v) is 3.53. The van der Waals surface area contributed by atoms with Gasteiger partial charge in [0, 0.05) is 19.6 Å². The molecule has 0 aliphatic carbocycles. The maximum Gasteiger partial charge on any atom is 0.146 e. The molecule has 6 heteroatoms. The van der Waals surface area contributed by atoms with Gasteiger partial charge in [-0.15, -0.1) is 0 Å². The van der Waals surface area contributed by atoms with Gasteiger partial charge >= 0.3 is 0 Å². The highest BCUT2D eigenvalue weighted by Crippen LogP contribution is 2.25. The largest absolute Gasteiger partial charge is 0.372 e. The molecule has 27 heavy (non-hydrogen) atoms. The third kappa shape index (κ3) is 4.01. The van der Waals surface area contributed by atoms with E-state index in [2.05, 4.69) is 20.2 Å². The van der Waals surface area contributed by atoms with Gasteiger partial charge in [0.25, 0.3) is 0 Å². The Kier molecular flexibility index (Phi) is 4.90. The fourth-order valence-electron chi connectivity index (χ4n) is 3.53. The van der Waals surface area contributed by atoms with E-state index in [4.69, 9.17) is 4.74 Å². The van der Waals surface area contributed by atoms with Crippen LogP contribution in [0.3, 0.4) is 0 Å². The fraction of sp³-hybridized carbons (Fsp3) is 0.333. The van der Waals surface area contributed by atoms with Crippen LogP contribution in [0.2, 0.25) is 0 Å². The number of nitrogens with zero attached hydrogens (tertiary/aromatic N) is 3. The molecule has 140 valence electrons. The summed E-state index contributed by atoms with van der Waals surface area (Å²) in [6.45, 7) is 5.92. The quantitative estimate of drug-likeness (QED) is 0.756. The van der Waals surface area contributed by atoms with Crippen LogP contribution in [0.1, 0.15) is 19.4 Å². The lowest BCUT2D eigenvalue weighted by molar-refractivity contribution is -0.00539. The van der Waals surface area contributed by atoms with E-state index in [0.717, 1.165) is 16.6 Å². The molecule has 3 aromatic rings. The van der Waals surface area contributed by atoms with Gasteiger partial charge in [-0.1, -0.05) is 18.2 Å². The number of nitrogens with one attached hydrogen (secondary N) is 1. The Balaban J connectivity index is 1.45. The van der Waals surface area contributed by atoms with E-state index in [1.54, 1.807) is 12.3 Å². The molecule has 1 aromatic heterocycles. The summed E-state index contributed by atoms with van der Waals surface area (Å²) in [7, 11) is 0. The van der Waals surface area contributed by atoms with E-state index < -0.39 is 0 Å². The second-order valence-corrected chi connectivity index (χ2v) is 7.05. The van der Waals surface area contributed by atoms with Crippen LogP contribution < -0.4 is 10.2 Å². The van der Waals surface area contributed by atoms with E-state index in [9.17, 15) is 4.39 Å². The monoisotopic (exact) mass is 366 g/mol. The molecular formula is C21H23FN4O. The van der Waals surface area contributed by atoms with Crippen molar-refractivity contribution in [2.75, 3.05) is 23.3 Å². The first-order chi connectivity index (χ1) is 13.1. The Morgan fingerprint density at radius 1 is 1.11 bits per heavy atom. The van der Waals surface area contributed by atoms with Crippen molar-refractivity contribution in [3.63, 3.8) is 0 Å². The predicted octanol–water partition coefficient (Wildman–Crippen LogP) is 3.99. The third-order valence-corrected chi connectivity index (χ3v) is 4.69. The van der Waals surface area contributed by atoms with Gasteiger partial charge in [-0.3, -0.25) is 4.98 Å². The summed E-state index contributed by atoms with van der Waals surface area (Å²) in [5.74, 6) is 0.467. The molecule has 4 rings (SSSR count). The lowest BCUT2D eigenvalue weighted by Crippen LogP contribution is -2.45. The molecule has 1 aliphatic heterocycles. The summed E-state index contributed by atoms with van der Waals surface area (Å²) in [5, 5.41) is 3.22. The Hall–Kier alpha value is -2.73. The minimum absolute atomic E-state index is 0.0981. The van der Waals surface area contributed by atoms with Crippen molar-refractivity contribution < 1.29 is 9.13 Å². The topological polar surface area (TPSA) is 50.3 Å². The van der Waals surface area contributed by atoms with E-state index in [1.165, 1.54) is 0 Å². The maximum atomic E-state index is 14.7. The number of anilines is 2. The van der Waals surface area contributed by atoms with Crippen LogP contribution >= 0.6 is 0 Å². The Labute approximate surface area is 158 Å². The SMILES string of the molecule is CC1CN(c2ccc(CNc3cnc4ccccc4n3)cc2F)CC(C)O1. The van der Waals surface area contributed by atoms with Gasteiger partial charge in [-0.25, -0.2) is 9.37 Å². The first-order valence-corrected chi connectivity index (χ1v) is 9.23. The summed E-state index contributed by atoms with van der Waals surface area (Å²) < 4.78 is 20.4. The van der Waals surface area contributed by atoms with Crippen molar-refractivity contribution in [1.82, 2.24) is 9.97 Å². The standard InChI is InChI=1S/C21H23FN4O/c1-14-12-26(13-15(2)27-14)20-8-7-16(9-17(20)22)10-24-21-11-23-18-5-3-4-6-19(18)25-21/h3-9,11,14-15H,10,12-13H2,1-2H3,(H,24,25). The van der Waals surface area contributed by atoms with Crippen LogP contribution in [0, 0.1) is 5.82 Å². The molecule has 1 saturated heterocycles. The van der Waals surface area contributed by atoms with Crippen molar-refractivity contribution in [1.29, 1.82) is 0 Å². The van der Waals surface area contributed by atoms with Crippen molar-refractivity contribution in [2.45, 2.75) is 32.6 Å². The minimum atomic E-state index is -0.208. The molecule has 1 fully saturated rings. The normalized spacial score (nSPS) is 20.0. The number of rotatable bonds is 4. The van der Waals surface area contributed by atoms with Crippen molar-refractivity contribution in [2.24, 2.45) is 0 Å². The Morgan fingerprint density at radius 3 is 2.59 bits per heavy atom. The van der Waals surface area contributed by atoms with Crippen molar-refractivity contribution in [3.05, 3.63) is 60.0 Å². The summed E-state index contributed by atoms with van der Waals surface area (Å²) >= 11 is 0. The van der Waals surface area contributed by atoms with Gasteiger partial charge in [0.2, 0.25) is 0 Å². The summed E-state index contributed by atoms with van der Waals surface area (Å²) in [4.78, 5) is 11.0. The zero-order valence-corrected chi connectivity index (χ0v) is 15.5. The molecule has 2 atom stereocenters. The number of hydrogen-bond donors (Lipinski definition) is 1. The van der Waals surface area contributed by atoms with Crippen LogP contribution in [0.5, 0.6) is 0 Å². The van der Waals surface area contributed by atoms with Crippen LogP contribution in [-0.4, -0.2) is 35.3 Å². The average Bonchev–Trinajstić information content (AvgIpc) is 2.65. The number of ether oxygens (including phenoxy) is 1. The summed E-state index contributed by atoms with van der Waals surface area (Å²) in [5.41, 5.74) is 3.18.